The molecule has 1 amide bonds. The van der Waals surface area contributed by atoms with Gasteiger partial charge < -0.3 is 20.3 Å². The van der Waals surface area contributed by atoms with Crippen molar-refractivity contribution in [3.8, 4) is 12.3 Å². The number of anilines is 1. The van der Waals surface area contributed by atoms with E-state index in [1.807, 2.05) is 32.9 Å². The summed E-state index contributed by atoms with van der Waals surface area (Å²) in [6.07, 6.45) is 5.26. The molecule has 1 aliphatic heterocycles. The Bertz CT molecular complexity index is 606. The summed E-state index contributed by atoms with van der Waals surface area (Å²) in [5.74, 6) is 2.67. The van der Waals surface area contributed by atoms with Gasteiger partial charge in [-0.2, -0.15) is 0 Å². The van der Waals surface area contributed by atoms with Gasteiger partial charge in [0.15, 0.2) is 0 Å². The van der Waals surface area contributed by atoms with Gasteiger partial charge in [-0.05, 0) is 44.5 Å². The Labute approximate surface area is 138 Å². The summed E-state index contributed by atoms with van der Waals surface area (Å²) in [6, 6.07) is 5.98. The van der Waals surface area contributed by atoms with E-state index in [1.54, 1.807) is 4.90 Å². The van der Waals surface area contributed by atoms with Crippen molar-refractivity contribution in [1.82, 2.24) is 4.90 Å². The molecule has 1 aliphatic rings. The van der Waals surface area contributed by atoms with Gasteiger partial charge in [-0.3, -0.25) is 0 Å². The molecular weight excluding hydrogens is 290 g/mol. The maximum Gasteiger partial charge on any atom is 0.410 e. The van der Waals surface area contributed by atoms with Crippen molar-refractivity contribution in [3.05, 3.63) is 29.3 Å². The molecule has 1 heterocycles. The zero-order chi connectivity index (χ0) is 17.0. The molecular formula is C18H25N3O2. The predicted molar refractivity (Wildman–Crippen MR) is 92.3 cm³/mol. The van der Waals surface area contributed by atoms with Gasteiger partial charge in [0.1, 0.15) is 5.60 Å². The fourth-order valence-corrected chi connectivity index (χ4v) is 2.53. The Hall–Kier alpha value is -2.19. The SMILES string of the molecule is C#Cc1cc(CN)cc(N2CCN(C(=O)OC(C)(C)C)CC2)c1. The Morgan fingerprint density at radius 3 is 2.43 bits per heavy atom. The molecule has 0 bridgehead atoms. The summed E-state index contributed by atoms with van der Waals surface area (Å²) in [4.78, 5) is 16.1. The number of benzene rings is 1. The van der Waals surface area contributed by atoms with Crippen LogP contribution in [-0.2, 0) is 11.3 Å². The number of terminal acetylenes is 1. The number of nitrogens with zero attached hydrogens (tertiary/aromatic N) is 2. The zero-order valence-corrected chi connectivity index (χ0v) is 14.1. The number of hydrogen-bond acceptors (Lipinski definition) is 4. The normalized spacial score (nSPS) is 15.3. The van der Waals surface area contributed by atoms with Gasteiger partial charge in [-0.15, -0.1) is 6.42 Å². The molecule has 1 aromatic carbocycles. The Balaban J connectivity index is 2.02. The van der Waals surface area contributed by atoms with Crippen molar-refractivity contribution >= 4 is 11.8 Å². The molecule has 1 saturated heterocycles. The fraction of sp³-hybridized carbons (Fsp3) is 0.500. The lowest BCUT2D eigenvalue weighted by Crippen LogP contribution is -2.50. The van der Waals surface area contributed by atoms with E-state index in [0.717, 1.165) is 29.9 Å². The smallest absolute Gasteiger partial charge is 0.410 e. The highest BCUT2D eigenvalue weighted by molar-refractivity contribution is 5.68. The highest BCUT2D eigenvalue weighted by Crippen LogP contribution is 2.21. The van der Waals surface area contributed by atoms with Gasteiger partial charge in [-0.1, -0.05) is 5.92 Å². The van der Waals surface area contributed by atoms with Crippen molar-refractivity contribution in [2.45, 2.75) is 32.9 Å². The molecule has 0 unspecified atom stereocenters. The third kappa shape index (κ3) is 4.64. The summed E-state index contributed by atoms with van der Waals surface area (Å²) in [5, 5.41) is 0. The minimum absolute atomic E-state index is 0.253. The summed E-state index contributed by atoms with van der Waals surface area (Å²) in [7, 11) is 0. The average molecular weight is 315 g/mol. The molecule has 0 atom stereocenters. The second kappa shape index (κ2) is 6.93. The monoisotopic (exact) mass is 315 g/mol. The summed E-state index contributed by atoms with van der Waals surface area (Å²) < 4.78 is 5.42. The van der Waals surface area contributed by atoms with Gasteiger partial charge >= 0.3 is 6.09 Å². The van der Waals surface area contributed by atoms with Crippen LogP contribution in [0.1, 0.15) is 31.9 Å². The molecule has 1 fully saturated rings. The molecule has 124 valence electrons. The lowest BCUT2D eigenvalue weighted by molar-refractivity contribution is 0.0240. The van der Waals surface area contributed by atoms with E-state index >= 15 is 0 Å². The lowest BCUT2D eigenvalue weighted by atomic mass is 10.1. The van der Waals surface area contributed by atoms with Crippen LogP contribution < -0.4 is 10.6 Å². The minimum Gasteiger partial charge on any atom is -0.444 e. The van der Waals surface area contributed by atoms with Crippen LogP contribution in [0.3, 0.4) is 0 Å². The first-order valence-electron chi connectivity index (χ1n) is 7.86. The number of carbonyl (C=O) groups is 1. The van der Waals surface area contributed by atoms with Crippen molar-refractivity contribution in [2.75, 3.05) is 31.1 Å². The molecule has 0 aromatic heterocycles. The van der Waals surface area contributed by atoms with E-state index in [2.05, 4.69) is 16.9 Å². The lowest BCUT2D eigenvalue weighted by Gasteiger charge is -2.37. The van der Waals surface area contributed by atoms with Crippen LogP contribution >= 0.6 is 0 Å². The maximum absolute atomic E-state index is 12.1. The molecule has 5 nitrogen and oxygen atoms in total. The third-order valence-corrected chi connectivity index (χ3v) is 3.68. The molecule has 0 saturated carbocycles. The van der Waals surface area contributed by atoms with Crippen LogP contribution in [-0.4, -0.2) is 42.8 Å². The highest BCUT2D eigenvalue weighted by atomic mass is 16.6. The van der Waals surface area contributed by atoms with Crippen LogP contribution in [0.4, 0.5) is 10.5 Å². The third-order valence-electron chi connectivity index (χ3n) is 3.68. The van der Waals surface area contributed by atoms with Gasteiger partial charge in [-0.25, -0.2) is 4.79 Å². The summed E-state index contributed by atoms with van der Waals surface area (Å²) in [5.41, 5.74) is 8.18. The van der Waals surface area contributed by atoms with E-state index in [4.69, 9.17) is 16.9 Å². The number of carbonyl (C=O) groups excluding carboxylic acids is 1. The Morgan fingerprint density at radius 1 is 1.26 bits per heavy atom. The van der Waals surface area contributed by atoms with Crippen LogP contribution in [0.25, 0.3) is 0 Å². The summed E-state index contributed by atoms with van der Waals surface area (Å²) >= 11 is 0. The van der Waals surface area contributed by atoms with E-state index in [0.29, 0.717) is 19.6 Å². The van der Waals surface area contributed by atoms with Crippen molar-refractivity contribution < 1.29 is 9.53 Å². The van der Waals surface area contributed by atoms with E-state index in [-0.39, 0.29) is 6.09 Å². The first kappa shape index (κ1) is 17.2. The first-order chi connectivity index (χ1) is 10.8. The first-order valence-corrected chi connectivity index (χ1v) is 7.86. The van der Waals surface area contributed by atoms with Crippen LogP contribution in [0, 0.1) is 12.3 Å². The van der Waals surface area contributed by atoms with E-state index < -0.39 is 5.60 Å². The standard InChI is InChI=1S/C18H25N3O2/c1-5-14-10-15(13-19)12-16(11-14)20-6-8-21(9-7-20)17(22)23-18(2,3)4/h1,10-12H,6-9,13,19H2,2-4H3. The largest absolute Gasteiger partial charge is 0.444 e. The number of amides is 1. The number of nitrogens with two attached hydrogens (primary N) is 1. The quantitative estimate of drug-likeness (QED) is 0.850. The van der Waals surface area contributed by atoms with E-state index in [9.17, 15) is 4.79 Å². The molecule has 0 radical (unpaired) electrons. The molecule has 5 heteroatoms. The van der Waals surface area contributed by atoms with Gasteiger partial charge in [0.25, 0.3) is 0 Å². The zero-order valence-electron chi connectivity index (χ0n) is 14.1. The fourth-order valence-electron chi connectivity index (χ4n) is 2.53. The maximum atomic E-state index is 12.1. The van der Waals surface area contributed by atoms with Crippen LogP contribution in [0.2, 0.25) is 0 Å². The van der Waals surface area contributed by atoms with Crippen LogP contribution in [0.15, 0.2) is 18.2 Å². The number of rotatable bonds is 2. The van der Waals surface area contributed by atoms with E-state index in [1.165, 1.54) is 0 Å². The molecule has 2 rings (SSSR count). The molecule has 2 N–H and O–H groups in total. The number of piperazine rings is 1. The molecule has 1 aromatic rings. The molecule has 23 heavy (non-hydrogen) atoms. The Kier molecular flexibility index (Phi) is 5.17. The van der Waals surface area contributed by atoms with Gasteiger partial charge in [0.2, 0.25) is 0 Å². The van der Waals surface area contributed by atoms with Crippen LogP contribution in [0.5, 0.6) is 0 Å². The van der Waals surface area contributed by atoms with Crippen molar-refractivity contribution in [3.63, 3.8) is 0 Å². The second-order valence-corrected chi connectivity index (χ2v) is 6.69. The summed E-state index contributed by atoms with van der Waals surface area (Å²) in [6.45, 7) is 8.84. The minimum atomic E-state index is -0.467. The molecule has 0 spiro atoms. The number of hydrogen-bond donors (Lipinski definition) is 1. The van der Waals surface area contributed by atoms with Crippen molar-refractivity contribution in [1.29, 1.82) is 0 Å². The highest BCUT2D eigenvalue weighted by Gasteiger charge is 2.26. The van der Waals surface area contributed by atoms with Gasteiger partial charge in [0.05, 0.1) is 0 Å². The topological polar surface area (TPSA) is 58.8 Å². The molecule has 0 aliphatic carbocycles. The van der Waals surface area contributed by atoms with Crippen molar-refractivity contribution in [2.24, 2.45) is 5.73 Å². The number of ether oxygens (including phenoxy) is 1. The predicted octanol–water partition coefficient (Wildman–Crippen LogP) is 2.18. The second-order valence-electron chi connectivity index (χ2n) is 6.69. The average Bonchev–Trinajstić information content (AvgIpc) is 2.52. The van der Waals surface area contributed by atoms with Gasteiger partial charge in [0, 0.05) is 44.0 Å². The Morgan fingerprint density at radius 2 is 1.91 bits per heavy atom.